The average Bonchev–Trinajstić information content (AvgIpc) is 3.30. The Morgan fingerprint density at radius 1 is 1.03 bits per heavy atom. The predicted molar refractivity (Wildman–Crippen MR) is 146 cm³/mol. The van der Waals surface area contributed by atoms with Crippen molar-refractivity contribution in [2.75, 3.05) is 64.6 Å². The molecule has 1 unspecified atom stereocenters. The van der Waals surface area contributed by atoms with Gasteiger partial charge in [-0.2, -0.15) is 0 Å². The van der Waals surface area contributed by atoms with E-state index in [0.29, 0.717) is 18.1 Å². The fourth-order valence-electron chi connectivity index (χ4n) is 5.02. The van der Waals surface area contributed by atoms with Crippen LogP contribution in [0.4, 0.5) is 10.5 Å². The fraction of sp³-hybridized carbons (Fsp3) is 0.462. The van der Waals surface area contributed by atoms with E-state index < -0.39 is 6.04 Å². The number of aryl methyl sites for hydroxylation is 2. The lowest BCUT2D eigenvalue weighted by atomic mass is 10.1. The van der Waals surface area contributed by atoms with Crippen molar-refractivity contribution in [1.29, 1.82) is 0 Å². The number of aliphatic imine (C=N–C) groups is 1. The van der Waals surface area contributed by atoms with Crippen molar-refractivity contribution in [3.05, 3.63) is 41.7 Å². The Morgan fingerprint density at radius 2 is 1.68 bits per heavy atom. The first-order valence-electron chi connectivity index (χ1n) is 12.6. The molecule has 2 fully saturated rings. The molecule has 1 aromatic heterocycles. The number of piperazine rings is 1. The first-order chi connectivity index (χ1) is 18.3. The predicted octanol–water partition coefficient (Wildman–Crippen LogP) is 1.69. The molecule has 3 aliphatic heterocycles. The highest BCUT2D eigenvalue weighted by molar-refractivity contribution is 7.99. The van der Waals surface area contributed by atoms with Gasteiger partial charge in [-0.1, -0.05) is 16.8 Å². The SMILES string of the molecule is COc1ccc(N2CC[N+](=C3N=C4C(C(=O)N(C)C(=O)N4C)N3CCSc3nc(C)cc(C)n3)CC2)cc1. The van der Waals surface area contributed by atoms with Crippen LogP contribution in [0.2, 0.25) is 0 Å². The van der Waals surface area contributed by atoms with Gasteiger partial charge in [-0.3, -0.25) is 19.2 Å². The third-order valence-corrected chi connectivity index (χ3v) is 7.86. The number of methoxy groups -OCH3 is 1. The molecule has 0 bridgehead atoms. The molecule has 0 aliphatic carbocycles. The largest absolute Gasteiger partial charge is 0.497 e. The number of aromatic nitrogens is 2. The number of imide groups is 1. The maximum Gasteiger partial charge on any atom is 0.392 e. The summed E-state index contributed by atoms with van der Waals surface area (Å²) < 4.78 is 7.50. The number of carbonyl (C=O) groups excluding carboxylic acids is 2. The Kier molecular flexibility index (Phi) is 7.24. The van der Waals surface area contributed by atoms with Gasteiger partial charge in [-0.05, 0) is 44.2 Å². The topological polar surface area (TPSA) is 97.5 Å². The van der Waals surface area contributed by atoms with Crippen LogP contribution in [0.15, 0.2) is 40.5 Å². The van der Waals surface area contributed by atoms with Gasteiger partial charge >= 0.3 is 12.0 Å². The van der Waals surface area contributed by atoms with Gasteiger partial charge < -0.3 is 9.64 Å². The highest BCUT2D eigenvalue weighted by Gasteiger charge is 2.55. The molecule has 38 heavy (non-hydrogen) atoms. The molecule has 2 aromatic rings. The van der Waals surface area contributed by atoms with Crippen LogP contribution in [0.25, 0.3) is 0 Å². The van der Waals surface area contributed by atoms with E-state index in [4.69, 9.17) is 9.73 Å². The third kappa shape index (κ3) is 4.92. The zero-order chi connectivity index (χ0) is 27.0. The lowest BCUT2D eigenvalue weighted by molar-refractivity contribution is -0.534. The van der Waals surface area contributed by atoms with E-state index in [2.05, 4.69) is 31.6 Å². The summed E-state index contributed by atoms with van der Waals surface area (Å²) in [6, 6.07) is 9.03. The van der Waals surface area contributed by atoms with Gasteiger partial charge in [0.15, 0.2) is 5.16 Å². The molecule has 0 radical (unpaired) electrons. The Labute approximate surface area is 226 Å². The molecule has 1 atom stereocenters. The molecule has 0 spiro atoms. The van der Waals surface area contributed by atoms with Gasteiger partial charge in [0.25, 0.3) is 5.91 Å². The van der Waals surface area contributed by atoms with Crippen molar-refractivity contribution in [3.8, 4) is 5.75 Å². The minimum Gasteiger partial charge on any atom is -0.497 e. The van der Waals surface area contributed by atoms with Crippen molar-refractivity contribution >= 4 is 41.2 Å². The van der Waals surface area contributed by atoms with E-state index >= 15 is 0 Å². The summed E-state index contributed by atoms with van der Waals surface area (Å²) in [6.07, 6.45) is 0. The van der Waals surface area contributed by atoms with E-state index in [1.807, 2.05) is 36.9 Å². The van der Waals surface area contributed by atoms with E-state index in [1.165, 1.54) is 16.8 Å². The summed E-state index contributed by atoms with van der Waals surface area (Å²) in [5.41, 5.74) is 3.00. The number of rotatable bonds is 6. The number of hydrogen-bond acceptors (Lipinski definition) is 7. The van der Waals surface area contributed by atoms with E-state index in [1.54, 1.807) is 25.9 Å². The number of hydrogen-bond donors (Lipinski definition) is 0. The van der Waals surface area contributed by atoms with Gasteiger partial charge in [0.1, 0.15) is 5.75 Å². The summed E-state index contributed by atoms with van der Waals surface area (Å²) in [4.78, 5) is 46.9. The molecule has 0 N–H and O–H groups in total. The van der Waals surface area contributed by atoms with Crippen molar-refractivity contribution < 1.29 is 18.9 Å². The number of amidine groups is 1. The lowest BCUT2D eigenvalue weighted by Gasteiger charge is -2.34. The molecule has 5 rings (SSSR count). The third-order valence-electron chi connectivity index (χ3n) is 7.03. The zero-order valence-electron chi connectivity index (χ0n) is 22.4. The average molecular weight is 538 g/mol. The molecule has 11 nitrogen and oxygen atoms in total. The molecule has 12 heteroatoms. The Hall–Kier alpha value is -3.67. The van der Waals surface area contributed by atoms with Crippen LogP contribution in [0, 0.1) is 13.8 Å². The van der Waals surface area contributed by atoms with E-state index in [0.717, 1.165) is 60.1 Å². The van der Waals surface area contributed by atoms with Crippen molar-refractivity contribution in [2.24, 2.45) is 4.99 Å². The molecule has 200 valence electrons. The summed E-state index contributed by atoms with van der Waals surface area (Å²) >= 11 is 1.56. The lowest BCUT2D eigenvalue weighted by Crippen LogP contribution is -2.63. The number of ether oxygens (including phenoxy) is 1. The minimum absolute atomic E-state index is 0.258. The summed E-state index contributed by atoms with van der Waals surface area (Å²) in [6.45, 7) is 7.60. The van der Waals surface area contributed by atoms with Crippen LogP contribution >= 0.6 is 11.8 Å². The number of amides is 3. The molecule has 1 aromatic carbocycles. The number of carbonyl (C=O) groups is 2. The van der Waals surface area contributed by atoms with Gasteiger partial charge in [-0.15, -0.1) is 0 Å². The number of fused-ring (bicyclic) bond motifs is 1. The number of anilines is 1. The van der Waals surface area contributed by atoms with Crippen LogP contribution in [0.3, 0.4) is 0 Å². The number of guanidine groups is 1. The van der Waals surface area contributed by atoms with Crippen molar-refractivity contribution in [1.82, 2.24) is 24.7 Å². The summed E-state index contributed by atoms with van der Waals surface area (Å²) in [5, 5.41) is 0.719. The quantitative estimate of drug-likeness (QED) is 0.312. The van der Waals surface area contributed by atoms with Crippen LogP contribution in [0.5, 0.6) is 5.75 Å². The normalized spacial score (nSPS) is 19.8. The second-order valence-electron chi connectivity index (χ2n) is 9.56. The number of benzene rings is 1. The maximum atomic E-state index is 13.3. The second kappa shape index (κ2) is 10.6. The van der Waals surface area contributed by atoms with Crippen molar-refractivity contribution in [3.63, 3.8) is 0 Å². The van der Waals surface area contributed by atoms with E-state index in [-0.39, 0.29) is 11.9 Å². The zero-order valence-corrected chi connectivity index (χ0v) is 23.2. The number of thioether (sulfide) groups is 1. The highest BCUT2D eigenvalue weighted by Crippen LogP contribution is 2.25. The van der Waals surface area contributed by atoms with Gasteiger partial charge in [0, 0.05) is 50.0 Å². The molecular formula is C26H33N8O3S+. The maximum absolute atomic E-state index is 13.3. The van der Waals surface area contributed by atoms with Crippen molar-refractivity contribution in [2.45, 2.75) is 25.0 Å². The van der Waals surface area contributed by atoms with E-state index in [9.17, 15) is 9.59 Å². The number of likely N-dealkylation sites (N-methyl/N-ethyl adjacent to an activating group) is 2. The second-order valence-corrected chi connectivity index (χ2v) is 10.6. The Balaban J connectivity index is 1.38. The Bertz CT molecular complexity index is 1280. The highest BCUT2D eigenvalue weighted by atomic mass is 32.2. The molecule has 0 saturated carbocycles. The molecule has 3 amide bonds. The molecule has 2 saturated heterocycles. The van der Waals surface area contributed by atoms with Gasteiger partial charge in [-0.25, -0.2) is 19.7 Å². The van der Waals surface area contributed by atoms with Crippen LogP contribution < -0.4 is 9.64 Å². The molecule has 3 aliphatic rings. The molecular weight excluding hydrogens is 504 g/mol. The summed E-state index contributed by atoms with van der Waals surface area (Å²) in [5.74, 6) is 2.47. The number of nitrogens with zero attached hydrogens (tertiary/aromatic N) is 8. The number of urea groups is 1. The smallest absolute Gasteiger partial charge is 0.392 e. The standard InChI is InChI=1S/C26H33N8O3S/c1-17-16-18(2)28-24(27-17)38-15-14-34-21-22(30(3)26(36)31(4)23(21)35)29-25(34)33-12-10-32(11-13-33)19-6-8-20(37-5)9-7-19/h6-9,16,21H,10-15H2,1-5H3/q+1. The monoisotopic (exact) mass is 537 g/mol. The first kappa shape index (κ1) is 26.0. The molecule has 4 heterocycles. The summed E-state index contributed by atoms with van der Waals surface area (Å²) in [7, 11) is 4.87. The van der Waals surface area contributed by atoms with Crippen LogP contribution in [0.1, 0.15) is 11.4 Å². The van der Waals surface area contributed by atoms with Gasteiger partial charge in [0.2, 0.25) is 11.9 Å². The minimum atomic E-state index is -0.627. The van der Waals surface area contributed by atoms with Gasteiger partial charge in [0.05, 0.1) is 26.7 Å². The first-order valence-corrected chi connectivity index (χ1v) is 13.6. The Morgan fingerprint density at radius 3 is 2.32 bits per heavy atom. The van der Waals surface area contributed by atoms with Crippen LogP contribution in [-0.2, 0) is 4.79 Å². The van der Waals surface area contributed by atoms with Crippen LogP contribution in [-0.4, -0.2) is 119 Å². The fourth-order valence-corrected chi connectivity index (χ4v) is 5.91.